The van der Waals surface area contributed by atoms with Crippen molar-refractivity contribution in [3.05, 3.63) is 26.7 Å². The summed E-state index contributed by atoms with van der Waals surface area (Å²) in [4.78, 5) is 13.6. The monoisotopic (exact) mass is 336 g/mol. The highest BCUT2D eigenvalue weighted by atomic mass is 79.9. The van der Waals surface area contributed by atoms with Gasteiger partial charge in [-0.15, -0.1) is 0 Å². The predicted molar refractivity (Wildman–Crippen MR) is 73.7 cm³/mol. The molecule has 1 unspecified atom stereocenters. The highest BCUT2D eigenvalue weighted by molar-refractivity contribution is 9.10. The Kier molecular flexibility index (Phi) is 3.98. The highest BCUT2D eigenvalue weighted by Crippen LogP contribution is 2.39. The largest absolute Gasteiger partial charge is 0.330 e. The summed E-state index contributed by atoms with van der Waals surface area (Å²) in [5, 5.41) is 1.00. The standard InChI is InChI=1S/C11H11BrCl2N2O/c12-8-2-7(13)3-9(14)11(8)16-5-6(4-15)1-10(16)17/h2-3,6H,1,4-5,15H2. The van der Waals surface area contributed by atoms with Crippen molar-refractivity contribution >= 4 is 50.7 Å². The van der Waals surface area contributed by atoms with Crippen LogP contribution < -0.4 is 10.6 Å². The van der Waals surface area contributed by atoms with E-state index in [0.717, 1.165) is 4.47 Å². The van der Waals surface area contributed by atoms with Gasteiger partial charge in [-0.3, -0.25) is 4.79 Å². The molecule has 0 saturated carbocycles. The van der Waals surface area contributed by atoms with Crippen molar-refractivity contribution in [3.8, 4) is 0 Å². The fourth-order valence-corrected chi connectivity index (χ4v) is 3.46. The first-order chi connectivity index (χ1) is 8.02. The van der Waals surface area contributed by atoms with E-state index >= 15 is 0 Å². The average molecular weight is 338 g/mol. The molecule has 1 fully saturated rings. The first-order valence-electron chi connectivity index (χ1n) is 5.18. The Balaban J connectivity index is 2.38. The minimum atomic E-state index is 0.0466. The number of carbonyl (C=O) groups is 1. The smallest absolute Gasteiger partial charge is 0.227 e. The molecule has 1 atom stereocenters. The van der Waals surface area contributed by atoms with Gasteiger partial charge < -0.3 is 10.6 Å². The molecule has 0 aromatic heterocycles. The Morgan fingerprint density at radius 1 is 1.47 bits per heavy atom. The van der Waals surface area contributed by atoms with Crippen molar-refractivity contribution in [2.24, 2.45) is 11.7 Å². The maximum absolute atomic E-state index is 11.9. The second-order valence-electron chi connectivity index (χ2n) is 4.03. The Morgan fingerprint density at radius 3 is 2.71 bits per heavy atom. The minimum Gasteiger partial charge on any atom is -0.330 e. The van der Waals surface area contributed by atoms with Crippen molar-refractivity contribution in [2.45, 2.75) is 6.42 Å². The summed E-state index contributed by atoms with van der Waals surface area (Å²) in [6.45, 7) is 1.11. The van der Waals surface area contributed by atoms with Crippen LogP contribution in [0, 0.1) is 5.92 Å². The first kappa shape index (κ1) is 13.1. The zero-order chi connectivity index (χ0) is 12.6. The molecule has 1 amide bonds. The van der Waals surface area contributed by atoms with Crippen LogP contribution in [0.15, 0.2) is 16.6 Å². The normalized spacial score (nSPS) is 20.1. The molecule has 6 heteroatoms. The second-order valence-corrected chi connectivity index (χ2v) is 5.73. The van der Waals surface area contributed by atoms with Gasteiger partial charge in [-0.05, 0) is 40.5 Å². The van der Waals surface area contributed by atoms with Gasteiger partial charge in [0.25, 0.3) is 0 Å². The molecule has 92 valence electrons. The van der Waals surface area contributed by atoms with E-state index in [9.17, 15) is 4.79 Å². The number of halogens is 3. The number of nitrogens with zero attached hydrogens (tertiary/aromatic N) is 1. The topological polar surface area (TPSA) is 46.3 Å². The molecule has 2 N–H and O–H groups in total. The molecule has 17 heavy (non-hydrogen) atoms. The zero-order valence-electron chi connectivity index (χ0n) is 8.92. The van der Waals surface area contributed by atoms with Crippen molar-refractivity contribution in [1.82, 2.24) is 0 Å². The first-order valence-corrected chi connectivity index (χ1v) is 6.72. The van der Waals surface area contributed by atoms with Gasteiger partial charge in [0.2, 0.25) is 5.91 Å². The lowest BCUT2D eigenvalue weighted by Crippen LogP contribution is -2.26. The van der Waals surface area contributed by atoms with Crippen LogP contribution in [0.25, 0.3) is 0 Å². The van der Waals surface area contributed by atoms with Crippen LogP contribution in [0.4, 0.5) is 5.69 Å². The average Bonchev–Trinajstić information content (AvgIpc) is 2.59. The van der Waals surface area contributed by atoms with Crippen LogP contribution in [0.2, 0.25) is 10.0 Å². The summed E-state index contributed by atoms with van der Waals surface area (Å²) in [5.41, 5.74) is 6.27. The van der Waals surface area contributed by atoms with Gasteiger partial charge >= 0.3 is 0 Å². The van der Waals surface area contributed by atoms with Crippen molar-refractivity contribution < 1.29 is 4.79 Å². The number of carbonyl (C=O) groups excluding carboxylic acids is 1. The summed E-state index contributed by atoms with van der Waals surface area (Å²) in [5.74, 6) is 0.242. The van der Waals surface area contributed by atoms with Gasteiger partial charge in [-0.1, -0.05) is 23.2 Å². The third kappa shape index (κ3) is 2.60. The van der Waals surface area contributed by atoms with Crippen LogP contribution in [0.5, 0.6) is 0 Å². The van der Waals surface area contributed by atoms with E-state index in [1.165, 1.54) is 0 Å². The summed E-state index contributed by atoms with van der Waals surface area (Å²) in [7, 11) is 0. The third-order valence-electron chi connectivity index (χ3n) is 2.79. The highest BCUT2D eigenvalue weighted by Gasteiger charge is 2.32. The molecule has 1 aliphatic heterocycles. The third-order valence-corrected chi connectivity index (χ3v) is 3.90. The van der Waals surface area contributed by atoms with E-state index in [1.54, 1.807) is 17.0 Å². The van der Waals surface area contributed by atoms with E-state index in [2.05, 4.69) is 15.9 Å². The molecule has 1 aromatic rings. The molecule has 0 radical (unpaired) electrons. The van der Waals surface area contributed by atoms with Crippen LogP contribution in [0.1, 0.15) is 6.42 Å². The van der Waals surface area contributed by atoms with E-state index in [1.807, 2.05) is 0 Å². The van der Waals surface area contributed by atoms with Crippen LogP contribution in [-0.2, 0) is 4.79 Å². The zero-order valence-corrected chi connectivity index (χ0v) is 12.0. The number of hydrogen-bond acceptors (Lipinski definition) is 2. The van der Waals surface area contributed by atoms with Gasteiger partial charge in [-0.25, -0.2) is 0 Å². The van der Waals surface area contributed by atoms with Crippen molar-refractivity contribution in [1.29, 1.82) is 0 Å². The molecule has 3 nitrogen and oxygen atoms in total. The van der Waals surface area contributed by atoms with E-state index in [0.29, 0.717) is 35.2 Å². The lowest BCUT2D eigenvalue weighted by molar-refractivity contribution is -0.117. The number of hydrogen-bond donors (Lipinski definition) is 1. The van der Waals surface area contributed by atoms with Gasteiger partial charge in [0.05, 0.1) is 10.7 Å². The number of nitrogens with two attached hydrogens (primary N) is 1. The lowest BCUT2D eigenvalue weighted by Gasteiger charge is -2.20. The van der Waals surface area contributed by atoms with Crippen molar-refractivity contribution in [2.75, 3.05) is 18.0 Å². The fourth-order valence-electron chi connectivity index (χ4n) is 1.95. The second kappa shape index (κ2) is 5.14. The number of anilines is 1. The molecular formula is C11H11BrCl2N2O. The van der Waals surface area contributed by atoms with E-state index in [4.69, 9.17) is 28.9 Å². The number of amides is 1. The molecular weight excluding hydrogens is 327 g/mol. The molecule has 1 heterocycles. The van der Waals surface area contributed by atoms with Crippen LogP contribution >= 0.6 is 39.1 Å². The summed E-state index contributed by atoms with van der Waals surface area (Å²) >= 11 is 15.4. The summed E-state index contributed by atoms with van der Waals surface area (Å²) in [6, 6.07) is 3.36. The number of benzene rings is 1. The van der Waals surface area contributed by atoms with Crippen LogP contribution in [-0.4, -0.2) is 19.0 Å². The molecule has 1 aliphatic rings. The van der Waals surface area contributed by atoms with Gasteiger partial charge in [0.1, 0.15) is 0 Å². The Labute approximate surface area is 118 Å². The lowest BCUT2D eigenvalue weighted by atomic mass is 10.1. The van der Waals surface area contributed by atoms with Gasteiger partial charge in [-0.2, -0.15) is 0 Å². The SMILES string of the molecule is NCC1CC(=O)N(c2c(Cl)cc(Cl)cc2Br)C1. The van der Waals surface area contributed by atoms with Gasteiger partial charge in [0.15, 0.2) is 0 Å². The molecule has 1 saturated heterocycles. The molecule has 0 aliphatic carbocycles. The Bertz CT molecular complexity index is 444. The van der Waals surface area contributed by atoms with Crippen molar-refractivity contribution in [3.63, 3.8) is 0 Å². The summed E-state index contributed by atoms with van der Waals surface area (Å²) in [6.07, 6.45) is 0.474. The molecule has 0 spiro atoms. The maximum Gasteiger partial charge on any atom is 0.227 e. The summed E-state index contributed by atoms with van der Waals surface area (Å²) < 4.78 is 0.723. The fraction of sp³-hybridized carbons (Fsp3) is 0.364. The van der Waals surface area contributed by atoms with E-state index < -0.39 is 0 Å². The molecule has 2 rings (SSSR count). The minimum absolute atomic E-state index is 0.0466. The Hall–Kier alpha value is -0.290. The molecule has 1 aromatic carbocycles. The quantitative estimate of drug-likeness (QED) is 0.901. The van der Waals surface area contributed by atoms with Gasteiger partial charge in [0, 0.05) is 22.5 Å². The Morgan fingerprint density at radius 2 is 2.18 bits per heavy atom. The predicted octanol–water partition coefficient (Wildman–Crippen LogP) is 3.07. The maximum atomic E-state index is 11.9. The molecule has 0 bridgehead atoms. The number of rotatable bonds is 2. The van der Waals surface area contributed by atoms with Crippen LogP contribution in [0.3, 0.4) is 0 Å². The van der Waals surface area contributed by atoms with E-state index in [-0.39, 0.29) is 11.8 Å².